The van der Waals surface area contributed by atoms with Gasteiger partial charge >= 0.3 is 12.2 Å². The minimum atomic E-state index is -3.68. The van der Waals surface area contributed by atoms with Crippen molar-refractivity contribution in [3.8, 4) is 11.5 Å². The molecular formula is C30H34F4O2. The lowest BCUT2D eigenvalue weighted by atomic mass is 10.0. The summed E-state index contributed by atoms with van der Waals surface area (Å²) in [6.45, 7) is 4.14. The van der Waals surface area contributed by atoms with Crippen LogP contribution in [0.4, 0.5) is 17.6 Å². The van der Waals surface area contributed by atoms with Crippen LogP contribution >= 0.6 is 0 Å². The van der Waals surface area contributed by atoms with Gasteiger partial charge in [0.05, 0.1) is 11.1 Å². The third-order valence-corrected chi connectivity index (χ3v) is 6.12. The lowest BCUT2D eigenvalue weighted by Crippen LogP contribution is -2.24. The van der Waals surface area contributed by atoms with Crippen LogP contribution in [-0.4, -0.2) is 0 Å². The number of hydrogen-bond donors (Lipinski definition) is 0. The lowest BCUT2D eigenvalue weighted by molar-refractivity contribution is -0.188. The number of benzene rings is 3. The van der Waals surface area contributed by atoms with Crippen molar-refractivity contribution in [3.05, 3.63) is 95.1 Å². The molecule has 0 spiro atoms. The summed E-state index contributed by atoms with van der Waals surface area (Å²) in [7, 11) is 0. The third-order valence-electron chi connectivity index (χ3n) is 6.12. The van der Waals surface area contributed by atoms with E-state index in [0.717, 1.165) is 61.1 Å². The molecule has 0 aliphatic heterocycles. The summed E-state index contributed by atoms with van der Waals surface area (Å²) in [6, 6.07) is 16.6. The Morgan fingerprint density at radius 2 is 0.944 bits per heavy atom. The second-order valence-corrected chi connectivity index (χ2v) is 8.97. The number of halogens is 4. The van der Waals surface area contributed by atoms with E-state index >= 15 is 0 Å². The van der Waals surface area contributed by atoms with Crippen molar-refractivity contribution in [2.24, 2.45) is 0 Å². The second-order valence-electron chi connectivity index (χ2n) is 8.97. The fourth-order valence-corrected chi connectivity index (χ4v) is 3.90. The molecule has 0 fully saturated rings. The third kappa shape index (κ3) is 8.00. The summed E-state index contributed by atoms with van der Waals surface area (Å²) < 4.78 is 68.2. The molecule has 0 aromatic heterocycles. The summed E-state index contributed by atoms with van der Waals surface area (Å²) in [4.78, 5) is 0. The van der Waals surface area contributed by atoms with Gasteiger partial charge in [-0.1, -0.05) is 70.2 Å². The van der Waals surface area contributed by atoms with Crippen molar-refractivity contribution >= 4 is 0 Å². The molecule has 3 aromatic carbocycles. The molecule has 0 aliphatic carbocycles. The zero-order valence-corrected chi connectivity index (χ0v) is 20.9. The molecule has 0 heterocycles. The lowest BCUT2D eigenvalue weighted by Gasteiger charge is -2.21. The second kappa shape index (κ2) is 12.8. The fourth-order valence-electron chi connectivity index (χ4n) is 3.90. The predicted molar refractivity (Wildman–Crippen MR) is 135 cm³/mol. The largest absolute Gasteiger partial charge is 0.429 e. The minimum absolute atomic E-state index is 0.00474. The molecule has 0 amide bonds. The SMILES string of the molecule is CCCCCCCCc1ccc(OC(F)(F)c2ccc(C(F)(F)Oc3ccc(CC)cc3)cc2)cc1. The number of unbranched alkanes of at least 4 members (excludes halogenated alkanes) is 5. The zero-order valence-electron chi connectivity index (χ0n) is 20.9. The van der Waals surface area contributed by atoms with Gasteiger partial charge in [-0.15, -0.1) is 0 Å². The van der Waals surface area contributed by atoms with Crippen LogP contribution in [0, 0.1) is 0 Å². The number of aryl methyl sites for hydroxylation is 2. The Labute approximate surface area is 211 Å². The highest BCUT2D eigenvalue weighted by atomic mass is 19.3. The fraction of sp³-hybridized carbons (Fsp3) is 0.400. The van der Waals surface area contributed by atoms with Gasteiger partial charge in [-0.05, 0) is 78.9 Å². The first-order chi connectivity index (χ1) is 17.2. The van der Waals surface area contributed by atoms with E-state index in [1.807, 2.05) is 6.92 Å². The van der Waals surface area contributed by atoms with E-state index in [4.69, 9.17) is 9.47 Å². The summed E-state index contributed by atoms with van der Waals surface area (Å²) in [6.07, 6.45) is 1.46. The minimum Gasteiger partial charge on any atom is -0.429 e. The molecule has 36 heavy (non-hydrogen) atoms. The smallest absolute Gasteiger partial charge is 0.426 e. The van der Waals surface area contributed by atoms with Gasteiger partial charge in [-0.3, -0.25) is 0 Å². The Morgan fingerprint density at radius 1 is 0.528 bits per heavy atom. The molecule has 0 atom stereocenters. The first-order valence-electron chi connectivity index (χ1n) is 12.7. The first-order valence-corrected chi connectivity index (χ1v) is 12.7. The van der Waals surface area contributed by atoms with Crippen LogP contribution in [0.2, 0.25) is 0 Å². The van der Waals surface area contributed by atoms with E-state index < -0.39 is 23.3 Å². The van der Waals surface area contributed by atoms with Crippen LogP contribution in [0.5, 0.6) is 11.5 Å². The van der Waals surface area contributed by atoms with Crippen LogP contribution in [0.1, 0.15) is 74.6 Å². The molecule has 194 valence electrons. The average Bonchev–Trinajstić information content (AvgIpc) is 2.87. The monoisotopic (exact) mass is 502 g/mol. The van der Waals surface area contributed by atoms with Crippen molar-refractivity contribution < 1.29 is 27.0 Å². The normalized spacial score (nSPS) is 11.9. The average molecular weight is 503 g/mol. The van der Waals surface area contributed by atoms with Gasteiger partial charge in [0.25, 0.3) is 0 Å². The highest BCUT2D eigenvalue weighted by Crippen LogP contribution is 2.35. The maximum absolute atomic E-state index is 14.7. The standard InChI is InChI=1S/C30H34F4O2/c1-3-5-6-7-8-9-10-24-13-21-28(22-14-24)36-30(33,34)26-17-15-25(16-18-26)29(31,32)35-27-19-11-23(4-2)12-20-27/h11-22H,3-10H2,1-2H3. The van der Waals surface area contributed by atoms with Gasteiger partial charge < -0.3 is 9.47 Å². The molecule has 0 unspecified atom stereocenters. The van der Waals surface area contributed by atoms with Crippen molar-refractivity contribution in [1.29, 1.82) is 0 Å². The number of alkyl halides is 4. The molecule has 0 saturated carbocycles. The van der Waals surface area contributed by atoms with Crippen molar-refractivity contribution in [3.63, 3.8) is 0 Å². The number of rotatable bonds is 14. The van der Waals surface area contributed by atoms with Crippen LogP contribution < -0.4 is 9.47 Å². The van der Waals surface area contributed by atoms with E-state index in [9.17, 15) is 17.6 Å². The molecule has 3 rings (SSSR count). The number of hydrogen-bond acceptors (Lipinski definition) is 2. The van der Waals surface area contributed by atoms with Crippen molar-refractivity contribution in [2.45, 2.75) is 77.4 Å². The van der Waals surface area contributed by atoms with E-state index in [1.54, 1.807) is 24.3 Å². The maximum atomic E-state index is 14.7. The summed E-state index contributed by atoms with van der Waals surface area (Å²) in [5, 5.41) is 0. The Hall–Kier alpha value is -3.02. The molecule has 0 aliphatic rings. The molecule has 0 radical (unpaired) electrons. The highest BCUT2D eigenvalue weighted by molar-refractivity contribution is 5.32. The van der Waals surface area contributed by atoms with Gasteiger partial charge in [0.2, 0.25) is 0 Å². The molecule has 3 aromatic rings. The van der Waals surface area contributed by atoms with Crippen LogP contribution in [0.25, 0.3) is 0 Å². The van der Waals surface area contributed by atoms with E-state index in [-0.39, 0.29) is 11.5 Å². The van der Waals surface area contributed by atoms with Crippen LogP contribution in [0.15, 0.2) is 72.8 Å². The Balaban J connectivity index is 1.56. The van der Waals surface area contributed by atoms with Crippen molar-refractivity contribution in [1.82, 2.24) is 0 Å². The molecule has 6 heteroatoms. The Kier molecular flexibility index (Phi) is 9.80. The van der Waals surface area contributed by atoms with Gasteiger partial charge in [0.15, 0.2) is 0 Å². The molecule has 2 nitrogen and oxygen atoms in total. The van der Waals surface area contributed by atoms with Gasteiger partial charge in [-0.2, -0.15) is 17.6 Å². The topological polar surface area (TPSA) is 18.5 Å². The van der Waals surface area contributed by atoms with E-state index in [2.05, 4.69) is 6.92 Å². The quantitative estimate of drug-likeness (QED) is 0.161. The van der Waals surface area contributed by atoms with Crippen LogP contribution in [0.3, 0.4) is 0 Å². The van der Waals surface area contributed by atoms with Crippen molar-refractivity contribution in [2.75, 3.05) is 0 Å². The van der Waals surface area contributed by atoms with Gasteiger partial charge in [-0.25, -0.2) is 0 Å². The Morgan fingerprint density at radius 3 is 1.39 bits per heavy atom. The predicted octanol–water partition coefficient (Wildman–Crippen LogP) is 9.41. The van der Waals surface area contributed by atoms with Gasteiger partial charge in [0.1, 0.15) is 11.5 Å². The van der Waals surface area contributed by atoms with E-state index in [1.165, 1.54) is 49.9 Å². The molecule has 0 saturated heterocycles. The molecular weight excluding hydrogens is 468 g/mol. The first kappa shape index (κ1) is 27.6. The summed E-state index contributed by atoms with van der Waals surface area (Å²) >= 11 is 0. The molecule has 0 N–H and O–H groups in total. The molecule has 0 bridgehead atoms. The maximum Gasteiger partial charge on any atom is 0.426 e. The highest BCUT2D eigenvalue weighted by Gasteiger charge is 2.38. The van der Waals surface area contributed by atoms with Gasteiger partial charge in [0, 0.05) is 0 Å². The summed E-state index contributed by atoms with van der Waals surface area (Å²) in [5.41, 5.74) is 1.01. The van der Waals surface area contributed by atoms with Crippen LogP contribution in [-0.2, 0) is 25.1 Å². The Bertz CT molecular complexity index is 1050. The van der Waals surface area contributed by atoms with E-state index in [0.29, 0.717) is 0 Å². The summed E-state index contributed by atoms with van der Waals surface area (Å²) in [5.74, 6) is 0.00911. The zero-order chi connectivity index (χ0) is 26.0. The number of ether oxygens (including phenoxy) is 2.